The quantitative estimate of drug-likeness (QED) is 0.761. The van der Waals surface area contributed by atoms with Crippen LogP contribution in [0.4, 0.5) is 0 Å². The minimum absolute atomic E-state index is 0.0186. The Hall–Kier alpha value is -2.13. The minimum Gasteiger partial charge on any atom is -0.390 e. The molecule has 3 heteroatoms. The highest BCUT2D eigenvalue weighted by Gasteiger charge is 2.04. The summed E-state index contributed by atoms with van der Waals surface area (Å²) in [5, 5.41) is 11.7. The van der Waals surface area contributed by atoms with Crippen molar-refractivity contribution in [2.24, 2.45) is 0 Å². The molecule has 0 aliphatic heterocycles. The molecule has 2 aromatic carbocycles. The fourth-order valence-corrected chi connectivity index (χ4v) is 2.24. The molecular formula is C15H14N2O. The lowest BCUT2D eigenvalue weighted by atomic mass is 10.0. The number of benzene rings is 2. The third kappa shape index (κ3) is 1.89. The molecule has 1 N–H and O–H groups in total. The summed E-state index contributed by atoms with van der Waals surface area (Å²) in [6.07, 6.45) is 3.46. The number of rotatable bonds is 3. The van der Waals surface area contributed by atoms with E-state index in [1.165, 1.54) is 16.3 Å². The van der Waals surface area contributed by atoms with Crippen molar-refractivity contribution in [3.63, 3.8) is 0 Å². The molecule has 0 fully saturated rings. The molecule has 0 amide bonds. The lowest BCUT2D eigenvalue weighted by Gasteiger charge is -2.09. The summed E-state index contributed by atoms with van der Waals surface area (Å²) in [5.41, 5.74) is 2.07. The lowest BCUT2D eigenvalue weighted by molar-refractivity contribution is 0.271. The first kappa shape index (κ1) is 11.0. The van der Waals surface area contributed by atoms with Crippen molar-refractivity contribution in [2.75, 3.05) is 0 Å². The standard InChI is InChI=1S/C15H14N2O/c18-10-14-8-16-11-17(14)9-13-6-3-5-12-4-1-2-7-15(12)13/h1-8,11,18H,9-10H2. The molecule has 0 unspecified atom stereocenters. The van der Waals surface area contributed by atoms with Gasteiger partial charge in [-0.2, -0.15) is 0 Å². The van der Waals surface area contributed by atoms with Crippen molar-refractivity contribution in [1.82, 2.24) is 9.55 Å². The Morgan fingerprint density at radius 3 is 2.78 bits per heavy atom. The summed E-state index contributed by atoms with van der Waals surface area (Å²) in [5.74, 6) is 0. The predicted octanol–water partition coefficient (Wildman–Crippen LogP) is 2.58. The zero-order valence-electron chi connectivity index (χ0n) is 9.95. The number of hydrogen-bond acceptors (Lipinski definition) is 2. The first-order valence-corrected chi connectivity index (χ1v) is 5.95. The molecule has 1 heterocycles. The lowest BCUT2D eigenvalue weighted by Crippen LogP contribution is -2.03. The molecule has 0 saturated carbocycles. The zero-order valence-corrected chi connectivity index (χ0v) is 9.95. The highest BCUT2D eigenvalue weighted by molar-refractivity contribution is 5.85. The van der Waals surface area contributed by atoms with Gasteiger partial charge in [-0.05, 0) is 16.3 Å². The van der Waals surface area contributed by atoms with Crippen LogP contribution in [0.2, 0.25) is 0 Å². The molecule has 90 valence electrons. The van der Waals surface area contributed by atoms with E-state index < -0.39 is 0 Å². The van der Waals surface area contributed by atoms with Gasteiger partial charge in [0.25, 0.3) is 0 Å². The summed E-state index contributed by atoms with van der Waals surface area (Å²) in [7, 11) is 0. The second-order valence-corrected chi connectivity index (χ2v) is 4.31. The molecule has 3 rings (SSSR count). The number of aliphatic hydroxyl groups is 1. The number of aromatic nitrogens is 2. The van der Waals surface area contributed by atoms with Gasteiger partial charge in [0.05, 0.1) is 24.8 Å². The Labute approximate surface area is 105 Å². The van der Waals surface area contributed by atoms with Gasteiger partial charge in [0.2, 0.25) is 0 Å². The Morgan fingerprint density at radius 2 is 1.89 bits per heavy atom. The molecule has 18 heavy (non-hydrogen) atoms. The van der Waals surface area contributed by atoms with Gasteiger partial charge in [-0.1, -0.05) is 42.5 Å². The molecule has 0 aliphatic carbocycles. The smallest absolute Gasteiger partial charge is 0.0952 e. The summed E-state index contributed by atoms with van der Waals surface area (Å²) in [4.78, 5) is 4.07. The largest absolute Gasteiger partial charge is 0.390 e. The Kier molecular flexibility index (Phi) is 2.82. The highest BCUT2D eigenvalue weighted by Crippen LogP contribution is 2.19. The highest BCUT2D eigenvalue weighted by atomic mass is 16.3. The van der Waals surface area contributed by atoms with Gasteiger partial charge in [-0.15, -0.1) is 0 Å². The average molecular weight is 238 g/mol. The van der Waals surface area contributed by atoms with E-state index in [0.29, 0.717) is 0 Å². The molecule has 0 saturated heterocycles. The van der Waals surface area contributed by atoms with Crippen LogP contribution in [0.1, 0.15) is 11.3 Å². The number of imidazole rings is 1. The van der Waals surface area contributed by atoms with Crippen molar-refractivity contribution in [1.29, 1.82) is 0 Å². The zero-order chi connectivity index (χ0) is 12.4. The number of fused-ring (bicyclic) bond motifs is 1. The fraction of sp³-hybridized carbons (Fsp3) is 0.133. The van der Waals surface area contributed by atoms with Crippen LogP contribution in [-0.4, -0.2) is 14.7 Å². The van der Waals surface area contributed by atoms with Gasteiger partial charge in [0, 0.05) is 6.54 Å². The Morgan fingerprint density at radius 1 is 1.06 bits per heavy atom. The summed E-state index contributed by atoms with van der Waals surface area (Å²) in [6.45, 7) is 0.752. The number of aliphatic hydroxyl groups excluding tert-OH is 1. The van der Waals surface area contributed by atoms with Crippen LogP contribution in [0.3, 0.4) is 0 Å². The van der Waals surface area contributed by atoms with E-state index in [-0.39, 0.29) is 6.61 Å². The third-order valence-electron chi connectivity index (χ3n) is 3.18. The van der Waals surface area contributed by atoms with Crippen molar-refractivity contribution in [2.45, 2.75) is 13.2 Å². The van der Waals surface area contributed by atoms with E-state index in [1.54, 1.807) is 12.5 Å². The maximum Gasteiger partial charge on any atom is 0.0952 e. The second kappa shape index (κ2) is 4.63. The second-order valence-electron chi connectivity index (χ2n) is 4.31. The van der Waals surface area contributed by atoms with Crippen LogP contribution < -0.4 is 0 Å². The van der Waals surface area contributed by atoms with Crippen molar-refractivity contribution < 1.29 is 5.11 Å². The van der Waals surface area contributed by atoms with Crippen LogP contribution >= 0.6 is 0 Å². The fourth-order valence-electron chi connectivity index (χ4n) is 2.24. The SMILES string of the molecule is OCc1cncn1Cc1cccc2ccccc12. The normalized spacial score (nSPS) is 10.9. The van der Waals surface area contributed by atoms with Gasteiger partial charge in [-0.3, -0.25) is 0 Å². The Balaban J connectivity index is 2.05. The van der Waals surface area contributed by atoms with Crippen molar-refractivity contribution >= 4 is 10.8 Å². The van der Waals surface area contributed by atoms with E-state index >= 15 is 0 Å². The van der Waals surface area contributed by atoms with Crippen LogP contribution in [0.5, 0.6) is 0 Å². The summed E-state index contributed by atoms with van der Waals surface area (Å²) >= 11 is 0. The molecule has 1 aromatic heterocycles. The maximum atomic E-state index is 9.24. The molecule has 3 nitrogen and oxygen atoms in total. The first-order valence-electron chi connectivity index (χ1n) is 5.95. The van der Waals surface area contributed by atoms with E-state index in [4.69, 9.17) is 0 Å². The molecule has 0 spiro atoms. The summed E-state index contributed by atoms with van der Waals surface area (Å²) in [6, 6.07) is 14.6. The van der Waals surface area contributed by atoms with Gasteiger partial charge in [0.1, 0.15) is 0 Å². The topological polar surface area (TPSA) is 38.1 Å². The Bertz CT molecular complexity index is 668. The molecule has 3 aromatic rings. The van der Waals surface area contributed by atoms with Crippen LogP contribution in [0.15, 0.2) is 55.0 Å². The monoisotopic (exact) mass is 238 g/mol. The van der Waals surface area contributed by atoms with Crippen LogP contribution in [0.25, 0.3) is 10.8 Å². The van der Waals surface area contributed by atoms with Crippen molar-refractivity contribution in [3.8, 4) is 0 Å². The van der Waals surface area contributed by atoms with E-state index in [9.17, 15) is 5.11 Å². The van der Waals surface area contributed by atoms with Gasteiger partial charge >= 0.3 is 0 Å². The maximum absolute atomic E-state index is 9.24. The minimum atomic E-state index is 0.0186. The van der Waals surface area contributed by atoms with Crippen LogP contribution in [0, 0.1) is 0 Å². The van der Waals surface area contributed by atoms with Crippen molar-refractivity contribution in [3.05, 3.63) is 66.2 Å². The number of hydrogen-bond donors (Lipinski definition) is 1. The first-order chi connectivity index (χ1) is 8.88. The molecular weight excluding hydrogens is 224 g/mol. The summed E-state index contributed by atoms with van der Waals surface area (Å²) < 4.78 is 1.97. The van der Waals surface area contributed by atoms with Gasteiger partial charge in [-0.25, -0.2) is 4.98 Å². The molecule has 0 radical (unpaired) electrons. The average Bonchev–Trinajstić information content (AvgIpc) is 2.86. The van der Waals surface area contributed by atoms with E-state index in [0.717, 1.165) is 12.2 Å². The van der Waals surface area contributed by atoms with Gasteiger partial charge < -0.3 is 9.67 Å². The third-order valence-corrected chi connectivity index (χ3v) is 3.18. The van der Waals surface area contributed by atoms with E-state index in [2.05, 4.69) is 35.3 Å². The van der Waals surface area contributed by atoms with E-state index in [1.807, 2.05) is 16.7 Å². The molecule has 0 atom stereocenters. The number of nitrogens with zero attached hydrogens (tertiary/aromatic N) is 2. The molecule has 0 aliphatic rings. The predicted molar refractivity (Wildman–Crippen MR) is 71.2 cm³/mol. The van der Waals surface area contributed by atoms with Gasteiger partial charge in [0.15, 0.2) is 0 Å². The van der Waals surface area contributed by atoms with Crippen LogP contribution in [-0.2, 0) is 13.2 Å². The molecule has 0 bridgehead atoms.